The number of carbonyl (C=O) groups excluding carboxylic acids is 2. The normalized spacial score (nSPS) is 16.3. The predicted octanol–water partition coefficient (Wildman–Crippen LogP) is 4.92. The number of hydrogen-bond acceptors (Lipinski definition) is 4. The first-order chi connectivity index (χ1) is 14.0. The van der Waals surface area contributed by atoms with Gasteiger partial charge < -0.3 is 14.6 Å². The monoisotopic (exact) mass is 406 g/mol. The van der Waals surface area contributed by atoms with Crippen molar-refractivity contribution < 1.29 is 14.0 Å². The maximum absolute atomic E-state index is 12.6. The fourth-order valence-electron chi connectivity index (χ4n) is 3.29. The van der Waals surface area contributed by atoms with Crippen molar-refractivity contribution in [2.75, 3.05) is 11.1 Å². The molecule has 0 radical (unpaired) electrons. The largest absolute Gasteiger partial charge is 0.467 e. The third-order valence-electron chi connectivity index (χ3n) is 5.10. The van der Waals surface area contributed by atoms with Gasteiger partial charge in [0.25, 0.3) is 5.91 Å². The highest BCUT2D eigenvalue weighted by Crippen LogP contribution is 2.39. The van der Waals surface area contributed by atoms with Gasteiger partial charge >= 0.3 is 0 Å². The van der Waals surface area contributed by atoms with E-state index in [-0.39, 0.29) is 17.2 Å². The van der Waals surface area contributed by atoms with Gasteiger partial charge in [0, 0.05) is 11.3 Å². The number of nitrogens with zero attached hydrogens (tertiary/aromatic N) is 1. The van der Waals surface area contributed by atoms with E-state index in [4.69, 9.17) is 4.42 Å². The van der Waals surface area contributed by atoms with E-state index in [1.54, 1.807) is 30.2 Å². The number of thioether (sulfide) groups is 1. The molecule has 2 aromatic carbocycles. The number of benzene rings is 2. The van der Waals surface area contributed by atoms with Crippen molar-refractivity contribution in [2.24, 2.45) is 0 Å². The van der Waals surface area contributed by atoms with E-state index in [0.717, 1.165) is 22.6 Å². The lowest BCUT2D eigenvalue weighted by atomic mass is 10.1. The van der Waals surface area contributed by atoms with Crippen LogP contribution in [0, 0.1) is 13.8 Å². The summed E-state index contributed by atoms with van der Waals surface area (Å²) >= 11 is 1.59. The van der Waals surface area contributed by atoms with E-state index in [1.807, 2.05) is 61.2 Å². The minimum Gasteiger partial charge on any atom is -0.467 e. The highest BCUT2D eigenvalue weighted by molar-refractivity contribution is 8.00. The van der Waals surface area contributed by atoms with Crippen molar-refractivity contribution >= 4 is 29.3 Å². The molecule has 1 fully saturated rings. The fraction of sp³-hybridized carbons (Fsp3) is 0.217. The van der Waals surface area contributed by atoms with Crippen molar-refractivity contribution in [1.82, 2.24) is 4.90 Å². The van der Waals surface area contributed by atoms with Gasteiger partial charge in [0.2, 0.25) is 5.91 Å². The summed E-state index contributed by atoms with van der Waals surface area (Å²) < 4.78 is 5.39. The van der Waals surface area contributed by atoms with Crippen LogP contribution >= 0.6 is 11.8 Å². The first-order valence-corrected chi connectivity index (χ1v) is 10.5. The van der Waals surface area contributed by atoms with Crippen LogP contribution in [-0.2, 0) is 11.3 Å². The molecule has 1 aliphatic heterocycles. The van der Waals surface area contributed by atoms with Crippen molar-refractivity contribution in [2.45, 2.75) is 25.8 Å². The Morgan fingerprint density at radius 3 is 2.62 bits per heavy atom. The third-order valence-corrected chi connectivity index (χ3v) is 6.35. The molecule has 148 valence electrons. The number of amides is 2. The Kier molecular flexibility index (Phi) is 5.45. The molecule has 1 aromatic heterocycles. The van der Waals surface area contributed by atoms with E-state index in [0.29, 0.717) is 17.9 Å². The SMILES string of the molecule is Cc1ccc(NC(=O)c2ccc([C@@H]3SCC(=O)N3Cc3ccco3)cc2)cc1C. The average molecular weight is 407 g/mol. The molecular weight excluding hydrogens is 384 g/mol. The van der Waals surface area contributed by atoms with Crippen molar-refractivity contribution in [3.05, 3.63) is 88.9 Å². The molecule has 4 rings (SSSR count). The second-order valence-electron chi connectivity index (χ2n) is 7.14. The molecule has 29 heavy (non-hydrogen) atoms. The fourth-order valence-corrected chi connectivity index (χ4v) is 4.48. The summed E-state index contributed by atoms with van der Waals surface area (Å²) in [6, 6.07) is 17.0. The van der Waals surface area contributed by atoms with E-state index in [2.05, 4.69) is 5.32 Å². The molecule has 3 aromatic rings. The summed E-state index contributed by atoms with van der Waals surface area (Å²) in [5.41, 5.74) is 4.69. The Labute approximate surface area is 174 Å². The molecule has 1 atom stereocenters. The van der Waals surface area contributed by atoms with Gasteiger partial charge in [-0.1, -0.05) is 18.2 Å². The molecule has 1 saturated heterocycles. The number of carbonyl (C=O) groups is 2. The molecule has 2 heterocycles. The number of hydrogen-bond donors (Lipinski definition) is 1. The molecule has 1 N–H and O–H groups in total. The number of nitrogens with one attached hydrogen (secondary N) is 1. The Morgan fingerprint density at radius 2 is 1.93 bits per heavy atom. The van der Waals surface area contributed by atoms with Gasteiger partial charge in [-0.2, -0.15) is 0 Å². The minimum absolute atomic E-state index is 0.0792. The minimum atomic E-state index is -0.151. The van der Waals surface area contributed by atoms with Crippen molar-refractivity contribution in [3.63, 3.8) is 0 Å². The van der Waals surface area contributed by atoms with E-state index >= 15 is 0 Å². The summed E-state index contributed by atoms with van der Waals surface area (Å²) in [6.07, 6.45) is 1.61. The molecular formula is C23H22N2O3S. The third kappa shape index (κ3) is 4.22. The summed E-state index contributed by atoms with van der Waals surface area (Å²) in [7, 11) is 0. The second-order valence-corrected chi connectivity index (χ2v) is 8.21. The van der Waals surface area contributed by atoms with E-state index < -0.39 is 0 Å². The van der Waals surface area contributed by atoms with Gasteiger partial charge in [0.05, 0.1) is 18.6 Å². The topological polar surface area (TPSA) is 62.6 Å². The molecule has 1 aliphatic rings. The number of furan rings is 1. The van der Waals surface area contributed by atoms with Gasteiger partial charge in [0.15, 0.2) is 0 Å². The molecule has 0 bridgehead atoms. The lowest BCUT2D eigenvalue weighted by molar-refractivity contribution is -0.128. The Bertz CT molecular complexity index is 1030. The summed E-state index contributed by atoms with van der Waals surface area (Å²) in [5.74, 6) is 1.14. The Hall–Kier alpha value is -2.99. The average Bonchev–Trinajstić information content (AvgIpc) is 3.36. The predicted molar refractivity (Wildman–Crippen MR) is 115 cm³/mol. The lowest BCUT2D eigenvalue weighted by Crippen LogP contribution is -2.27. The maximum Gasteiger partial charge on any atom is 0.255 e. The summed E-state index contributed by atoms with van der Waals surface area (Å²) in [6.45, 7) is 4.51. The molecule has 6 heteroatoms. The number of anilines is 1. The van der Waals surface area contributed by atoms with E-state index in [1.165, 1.54) is 5.56 Å². The molecule has 2 amide bonds. The Balaban J connectivity index is 1.47. The van der Waals surface area contributed by atoms with Crippen LogP contribution in [-0.4, -0.2) is 22.5 Å². The Morgan fingerprint density at radius 1 is 1.14 bits per heavy atom. The van der Waals surface area contributed by atoms with Crippen LogP contribution in [0.1, 0.15) is 38.2 Å². The quantitative estimate of drug-likeness (QED) is 0.653. The van der Waals surface area contributed by atoms with Gasteiger partial charge in [0.1, 0.15) is 11.1 Å². The van der Waals surface area contributed by atoms with Crippen molar-refractivity contribution in [3.8, 4) is 0 Å². The van der Waals surface area contributed by atoms with E-state index in [9.17, 15) is 9.59 Å². The zero-order valence-corrected chi connectivity index (χ0v) is 17.2. The molecule has 0 spiro atoms. The first-order valence-electron chi connectivity index (χ1n) is 9.43. The summed E-state index contributed by atoms with van der Waals surface area (Å²) in [4.78, 5) is 26.7. The van der Waals surface area contributed by atoms with Gasteiger partial charge in [-0.25, -0.2) is 0 Å². The molecule has 0 unspecified atom stereocenters. The maximum atomic E-state index is 12.6. The van der Waals surface area contributed by atoms with Gasteiger partial charge in [-0.15, -0.1) is 11.8 Å². The van der Waals surface area contributed by atoms with Crippen LogP contribution in [0.5, 0.6) is 0 Å². The highest BCUT2D eigenvalue weighted by atomic mass is 32.2. The van der Waals surface area contributed by atoms with Crippen LogP contribution < -0.4 is 5.32 Å². The van der Waals surface area contributed by atoms with Gasteiger partial charge in [-0.3, -0.25) is 9.59 Å². The molecule has 0 saturated carbocycles. The van der Waals surface area contributed by atoms with Crippen LogP contribution in [0.4, 0.5) is 5.69 Å². The van der Waals surface area contributed by atoms with Crippen LogP contribution in [0.15, 0.2) is 65.3 Å². The number of aryl methyl sites for hydroxylation is 2. The summed E-state index contributed by atoms with van der Waals surface area (Å²) in [5, 5.41) is 2.86. The van der Waals surface area contributed by atoms with Gasteiger partial charge in [-0.05, 0) is 66.9 Å². The first kappa shape index (κ1) is 19.3. The molecule has 5 nitrogen and oxygen atoms in total. The van der Waals surface area contributed by atoms with Crippen LogP contribution in [0.25, 0.3) is 0 Å². The standard InChI is InChI=1S/C23H22N2O3S/c1-15-5-10-19(12-16(15)2)24-22(27)17-6-8-18(9-7-17)23-25(21(26)14-29-23)13-20-4-3-11-28-20/h3-12,23H,13-14H2,1-2H3,(H,24,27)/t23-/m0/s1. The molecule has 0 aliphatic carbocycles. The van der Waals surface area contributed by atoms with Crippen molar-refractivity contribution in [1.29, 1.82) is 0 Å². The zero-order chi connectivity index (χ0) is 20.4. The van der Waals surface area contributed by atoms with Crippen LogP contribution in [0.3, 0.4) is 0 Å². The van der Waals surface area contributed by atoms with Crippen LogP contribution in [0.2, 0.25) is 0 Å². The highest BCUT2D eigenvalue weighted by Gasteiger charge is 2.33. The second kappa shape index (κ2) is 8.17. The smallest absolute Gasteiger partial charge is 0.255 e. The zero-order valence-electron chi connectivity index (χ0n) is 16.3. The lowest BCUT2D eigenvalue weighted by Gasteiger charge is -2.23. The number of rotatable bonds is 5.